The van der Waals surface area contributed by atoms with Gasteiger partial charge in [0.25, 0.3) is 0 Å². The van der Waals surface area contributed by atoms with Crippen LogP contribution in [-0.4, -0.2) is 56.2 Å². The average molecular weight is 243 g/mol. The maximum atomic E-state index is 11.9. The molecule has 0 bridgehead atoms. The first kappa shape index (κ1) is 13.8. The zero-order chi connectivity index (χ0) is 12.7. The Kier molecular flexibility index (Phi) is 5.76. The molecule has 17 heavy (non-hydrogen) atoms. The van der Waals surface area contributed by atoms with Gasteiger partial charge in [0.2, 0.25) is 5.91 Å². The standard InChI is InChI=1S/C11H21N3O3/c1-3-4-5-13-11(16)14-6-7-17-8-9(14)10(15)12-2/h9H,3-8H2,1-2H3,(H,12,15)(H,13,16). The number of nitrogens with zero attached hydrogens (tertiary/aromatic N) is 1. The van der Waals surface area contributed by atoms with Gasteiger partial charge in [-0.25, -0.2) is 4.79 Å². The van der Waals surface area contributed by atoms with Crippen LogP contribution in [0.15, 0.2) is 0 Å². The molecule has 1 unspecified atom stereocenters. The van der Waals surface area contributed by atoms with Crippen LogP contribution in [0.3, 0.4) is 0 Å². The molecule has 0 spiro atoms. The SMILES string of the molecule is CCCCNC(=O)N1CCOCC1C(=O)NC. The number of rotatable bonds is 4. The van der Waals surface area contributed by atoms with Crippen molar-refractivity contribution in [2.24, 2.45) is 0 Å². The third-order valence-electron chi connectivity index (χ3n) is 2.74. The van der Waals surface area contributed by atoms with Crippen molar-refractivity contribution in [3.8, 4) is 0 Å². The summed E-state index contributed by atoms with van der Waals surface area (Å²) in [5.74, 6) is -0.185. The number of nitrogens with one attached hydrogen (secondary N) is 2. The lowest BCUT2D eigenvalue weighted by molar-refractivity contribution is -0.129. The molecule has 98 valence electrons. The number of carbonyl (C=O) groups excluding carboxylic acids is 2. The Balaban J connectivity index is 2.52. The number of likely N-dealkylation sites (N-methyl/N-ethyl adjacent to an activating group) is 1. The van der Waals surface area contributed by atoms with E-state index in [1.807, 2.05) is 0 Å². The van der Waals surface area contributed by atoms with E-state index in [2.05, 4.69) is 17.6 Å². The van der Waals surface area contributed by atoms with Crippen molar-refractivity contribution in [2.45, 2.75) is 25.8 Å². The van der Waals surface area contributed by atoms with Gasteiger partial charge in [-0.2, -0.15) is 0 Å². The van der Waals surface area contributed by atoms with E-state index >= 15 is 0 Å². The number of unbranched alkanes of at least 4 members (excludes halogenated alkanes) is 1. The van der Waals surface area contributed by atoms with E-state index in [4.69, 9.17) is 4.74 Å². The number of amides is 3. The Hall–Kier alpha value is -1.30. The number of urea groups is 1. The van der Waals surface area contributed by atoms with Crippen molar-refractivity contribution in [3.63, 3.8) is 0 Å². The van der Waals surface area contributed by atoms with E-state index in [9.17, 15) is 9.59 Å². The van der Waals surface area contributed by atoms with Crippen LogP contribution >= 0.6 is 0 Å². The summed E-state index contributed by atoms with van der Waals surface area (Å²) in [6.45, 7) is 3.91. The Bertz CT molecular complexity index is 271. The first-order chi connectivity index (χ1) is 8.20. The predicted molar refractivity (Wildman–Crippen MR) is 63.7 cm³/mol. The third kappa shape index (κ3) is 3.89. The van der Waals surface area contributed by atoms with Gasteiger partial charge in [0, 0.05) is 20.1 Å². The molecule has 0 aromatic heterocycles. The van der Waals surface area contributed by atoms with Gasteiger partial charge in [-0.1, -0.05) is 13.3 Å². The molecule has 1 fully saturated rings. The number of ether oxygens (including phenoxy) is 1. The molecule has 0 radical (unpaired) electrons. The van der Waals surface area contributed by atoms with Gasteiger partial charge < -0.3 is 20.3 Å². The molecule has 2 N–H and O–H groups in total. The van der Waals surface area contributed by atoms with Gasteiger partial charge in [0.1, 0.15) is 6.04 Å². The van der Waals surface area contributed by atoms with Crippen molar-refractivity contribution in [1.82, 2.24) is 15.5 Å². The number of carbonyl (C=O) groups is 2. The summed E-state index contributed by atoms with van der Waals surface area (Å²) < 4.78 is 5.23. The maximum absolute atomic E-state index is 11.9. The third-order valence-corrected chi connectivity index (χ3v) is 2.74. The van der Waals surface area contributed by atoms with Crippen molar-refractivity contribution < 1.29 is 14.3 Å². The summed E-state index contributed by atoms with van der Waals surface area (Å²) in [7, 11) is 1.56. The number of hydrogen-bond acceptors (Lipinski definition) is 3. The van der Waals surface area contributed by atoms with Crippen molar-refractivity contribution in [3.05, 3.63) is 0 Å². The molecule has 6 heteroatoms. The lowest BCUT2D eigenvalue weighted by atomic mass is 10.2. The van der Waals surface area contributed by atoms with Crippen molar-refractivity contribution in [1.29, 1.82) is 0 Å². The van der Waals surface area contributed by atoms with Gasteiger partial charge in [-0.05, 0) is 6.42 Å². The molecule has 1 atom stereocenters. The fraction of sp³-hybridized carbons (Fsp3) is 0.818. The Morgan fingerprint density at radius 1 is 1.47 bits per heavy atom. The van der Waals surface area contributed by atoms with Crippen LogP contribution in [0, 0.1) is 0 Å². The summed E-state index contributed by atoms with van der Waals surface area (Å²) in [6, 6.07) is -0.703. The summed E-state index contributed by atoms with van der Waals surface area (Å²) in [5, 5.41) is 5.36. The number of morpholine rings is 1. The molecular formula is C11H21N3O3. The fourth-order valence-electron chi connectivity index (χ4n) is 1.70. The minimum Gasteiger partial charge on any atom is -0.377 e. The molecule has 1 aliphatic rings. The molecule has 6 nitrogen and oxygen atoms in total. The highest BCUT2D eigenvalue weighted by molar-refractivity contribution is 5.87. The van der Waals surface area contributed by atoms with E-state index in [0.717, 1.165) is 12.8 Å². The highest BCUT2D eigenvalue weighted by atomic mass is 16.5. The molecule has 1 aliphatic heterocycles. The highest BCUT2D eigenvalue weighted by Gasteiger charge is 2.31. The first-order valence-corrected chi connectivity index (χ1v) is 6.04. The molecule has 1 heterocycles. The molecule has 0 saturated carbocycles. The van der Waals surface area contributed by atoms with Crippen LogP contribution in [0.1, 0.15) is 19.8 Å². The van der Waals surface area contributed by atoms with Gasteiger partial charge in [-0.15, -0.1) is 0 Å². The summed E-state index contributed by atoms with van der Waals surface area (Å²) in [5.41, 5.74) is 0. The Morgan fingerprint density at radius 3 is 2.88 bits per heavy atom. The quantitative estimate of drug-likeness (QED) is 0.680. The lowest BCUT2D eigenvalue weighted by Gasteiger charge is -2.34. The van der Waals surface area contributed by atoms with Crippen molar-refractivity contribution in [2.75, 3.05) is 33.4 Å². The second-order valence-electron chi connectivity index (χ2n) is 3.98. The van der Waals surface area contributed by atoms with Crippen LogP contribution in [0.2, 0.25) is 0 Å². The Labute approximate surface area is 102 Å². The van der Waals surface area contributed by atoms with Crippen LogP contribution in [-0.2, 0) is 9.53 Å². The monoisotopic (exact) mass is 243 g/mol. The minimum atomic E-state index is -0.518. The van der Waals surface area contributed by atoms with Crippen LogP contribution < -0.4 is 10.6 Å². The van der Waals surface area contributed by atoms with Gasteiger partial charge in [-0.3, -0.25) is 4.79 Å². The minimum absolute atomic E-state index is 0.185. The second kappa shape index (κ2) is 7.11. The fourth-order valence-corrected chi connectivity index (χ4v) is 1.70. The maximum Gasteiger partial charge on any atom is 0.318 e. The highest BCUT2D eigenvalue weighted by Crippen LogP contribution is 2.07. The molecule has 1 rings (SSSR count). The molecule has 1 saturated heterocycles. The second-order valence-corrected chi connectivity index (χ2v) is 3.98. The summed E-state index contributed by atoms with van der Waals surface area (Å²) in [6.07, 6.45) is 1.98. The van der Waals surface area contributed by atoms with E-state index in [0.29, 0.717) is 19.7 Å². The molecule has 0 aromatic rings. The summed E-state index contributed by atoms with van der Waals surface area (Å²) in [4.78, 5) is 25.0. The summed E-state index contributed by atoms with van der Waals surface area (Å²) >= 11 is 0. The molecular weight excluding hydrogens is 222 g/mol. The molecule has 0 aliphatic carbocycles. The zero-order valence-electron chi connectivity index (χ0n) is 10.5. The van der Waals surface area contributed by atoms with Gasteiger partial charge in [0.05, 0.1) is 13.2 Å². The molecule has 0 aromatic carbocycles. The lowest BCUT2D eigenvalue weighted by Crippen LogP contribution is -2.57. The van der Waals surface area contributed by atoms with Gasteiger partial charge in [0.15, 0.2) is 0 Å². The molecule has 3 amide bonds. The Morgan fingerprint density at radius 2 is 2.24 bits per heavy atom. The predicted octanol–water partition coefficient (Wildman–Crippen LogP) is -0.0571. The van der Waals surface area contributed by atoms with Crippen LogP contribution in [0.4, 0.5) is 4.79 Å². The van der Waals surface area contributed by atoms with E-state index < -0.39 is 6.04 Å². The average Bonchev–Trinajstić information content (AvgIpc) is 2.38. The topological polar surface area (TPSA) is 70.7 Å². The van der Waals surface area contributed by atoms with E-state index in [1.165, 1.54) is 4.90 Å². The first-order valence-electron chi connectivity index (χ1n) is 6.04. The van der Waals surface area contributed by atoms with Crippen LogP contribution in [0.5, 0.6) is 0 Å². The van der Waals surface area contributed by atoms with Crippen LogP contribution in [0.25, 0.3) is 0 Å². The van der Waals surface area contributed by atoms with Gasteiger partial charge >= 0.3 is 6.03 Å². The normalized spacial score (nSPS) is 19.9. The van der Waals surface area contributed by atoms with E-state index in [1.54, 1.807) is 7.05 Å². The number of hydrogen-bond donors (Lipinski definition) is 2. The van der Waals surface area contributed by atoms with E-state index in [-0.39, 0.29) is 18.5 Å². The van der Waals surface area contributed by atoms with Crippen molar-refractivity contribution >= 4 is 11.9 Å². The zero-order valence-corrected chi connectivity index (χ0v) is 10.5. The smallest absolute Gasteiger partial charge is 0.318 e. The largest absolute Gasteiger partial charge is 0.377 e.